The molecule has 1 aromatic heterocycles. The molecule has 2 N–H and O–H groups in total. The fourth-order valence-corrected chi connectivity index (χ4v) is 5.70. The smallest absolute Gasteiger partial charge is 0.246 e. The zero-order valence-corrected chi connectivity index (χ0v) is 20.6. The number of likely N-dealkylation sites (tertiary alicyclic amines) is 1. The molecule has 4 heterocycles. The van der Waals surface area contributed by atoms with Crippen molar-refractivity contribution in [1.29, 1.82) is 0 Å². The van der Waals surface area contributed by atoms with Crippen molar-refractivity contribution >= 4 is 23.4 Å². The number of ether oxygens (including phenoxy) is 1. The summed E-state index contributed by atoms with van der Waals surface area (Å²) in [6.45, 7) is 7.42. The van der Waals surface area contributed by atoms with Crippen LogP contribution in [0.5, 0.6) is 0 Å². The molecule has 188 valence electrons. The third-order valence-electron chi connectivity index (χ3n) is 7.03. The summed E-state index contributed by atoms with van der Waals surface area (Å²) in [7, 11) is 0. The number of hydrogen-bond donors (Lipinski definition) is 2. The molecule has 3 amide bonds. The summed E-state index contributed by atoms with van der Waals surface area (Å²) in [5.41, 5.74) is -2.25. The highest BCUT2D eigenvalue weighted by Gasteiger charge is 2.76. The Morgan fingerprint density at radius 3 is 2.56 bits per heavy atom. The van der Waals surface area contributed by atoms with Gasteiger partial charge >= 0.3 is 0 Å². The van der Waals surface area contributed by atoms with Crippen molar-refractivity contribution in [2.75, 3.05) is 5.32 Å². The lowest BCUT2D eigenvalue weighted by atomic mass is 9.70. The van der Waals surface area contributed by atoms with Crippen LogP contribution in [0.1, 0.15) is 33.3 Å². The Hall–Kier alpha value is -3.59. The van der Waals surface area contributed by atoms with Gasteiger partial charge in [0.15, 0.2) is 0 Å². The zero-order valence-electron chi connectivity index (χ0n) is 20.6. The minimum Gasteiger partial charge on any atom is -0.356 e. The maximum Gasteiger partial charge on any atom is 0.246 e. The molecule has 0 aliphatic carbocycles. The highest BCUT2D eigenvalue weighted by atomic mass is 19.1. The van der Waals surface area contributed by atoms with Crippen molar-refractivity contribution < 1.29 is 23.5 Å². The number of pyridine rings is 1. The number of nitrogens with one attached hydrogen (secondary N) is 2. The van der Waals surface area contributed by atoms with Gasteiger partial charge in [-0.3, -0.25) is 19.4 Å². The van der Waals surface area contributed by atoms with Crippen LogP contribution >= 0.6 is 0 Å². The Bertz CT molecular complexity index is 1260. The number of nitrogens with zero attached hydrogens (tertiary/aromatic N) is 2. The van der Waals surface area contributed by atoms with Crippen LogP contribution in [0, 0.1) is 17.7 Å². The molecule has 5 rings (SSSR count). The maximum absolute atomic E-state index is 14.3. The predicted molar refractivity (Wildman–Crippen MR) is 130 cm³/mol. The SMILES string of the molecule is CC(C)(C)NC(=O)C1N(Cc2cccnc2)C(=O)C2C(C(=O)Nc3ccccc3F)C3(C)C=CC21O3. The van der Waals surface area contributed by atoms with Crippen LogP contribution in [0.25, 0.3) is 0 Å². The van der Waals surface area contributed by atoms with Gasteiger partial charge in [-0.15, -0.1) is 0 Å². The van der Waals surface area contributed by atoms with Gasteiger partial charge in [0.25, 0.3) is 0 Å². The molecule has 36 heavy (non-hydrogen) atoms. The van der Waals surface area contributed by atoms with Gasteiger partial charge in [-0.2, -0.15) is 0 Å². The van der Waals surface area contributed by atoms with Gasteiger partial charge in [-0.1, -0.05) is 30.4 Å². The van der Waals surface area contributed by atoms with E-state index in [4.69, 9.17) is 4.74 Å². The number of benzene rings is 1. The van der Waals surface area contributed by atoms with Gasteiger partial charge in [0.05, 0.1) is 23.1 Å². The molecule has 2 aromatic rings. The van der Waals surface area contributed by atoms with Crippen LogP contribution in [-0.4, -0.2) is 50.4 Å². The maximum atomic E-state index is 14.3. The summed E-state index contributed by atoms with van der Waals surface area (Å²) < 4.78 is 20.8. The Labute approximate surface area is 208 Å². The Kier molecular flexibility index (Phi) is 5.51. The van der Waals surface area contributed by atoms with E-state index in [2.05, 4.69) is 15.6 Å². The molecule has 3 aliphatic rings. The number of fused-ring (bicyclic) bond motifs is 1. The lowest BCUT2D eigenvalue weighted by Crippen LogP contribution is -2.57. The molecular weight excluding hydrogens is 463 g/mol. The fourth-order valence-electron chi connectivity index (χ4n) is 5.70. The average molecular weight is 493 g/mol. The number of carbonyl (C=O) groups excluding carboxylic acids is 3. The third-order valence-corrected chi connectivity index (χ3v) is 7.03. The fraction of sp³-hybridized carbons (Fsp3) is 0.407. The molecule has 0 saturated carbocycles. The van der Waals surface area contributed by atoms with E-state index >= 15 is 0 Å². The summed E-state index contributed by atoms with van der Waals surface area (Å²) in [5, 5.41) is 5.61. The lowest BCUT2D eigenvalue weighted by molar-refractivity contribution is -0.145. The topological polar surface area (TPSA) is 101 Å². The van der Waals surface area contributed by atoms with Gasteiger partial charge in [0, 0.05) is 24.5 Å². The molecule has 1 spiro atoms. The molecule has 1 aromatic carbocycles. The molecule has 2 saturated heterocycles. The zero-order chi connectivity index (χ0) is 25.9. The second-order valence-electron chi connectivity index (χ2n) is 10.9. The molecule has 9 heteroatoms. The molecule has 2 bridgehead atoms. The largest absolute Gasteiger partial charge is 0.356 e. The summed E-state index contributed by atoms with van der Waals surface area (Å²) in [6.07, 6.45) is 6.76. The summed E-state index contributed by atoms with van der Waals surface area (Å²) in [5.74, 6) is -3.76. The standard InChI is InChI=1S/C27H29FN4O4/c1-25(2,3)31-23(34)21-27-12-11-26(4,36-27)19(22(33)30-18-10-6-5-9-17(18)28)20(27)24(35)32(21)15-16-8-7-13-29-14-16/h5-14,19-21H,15H2,1-4H3,(H,30,33)(H,31,34). The molecule has 2 fully saturated rings. The molecule has 5 atom stereocenters. The number of amides is 3. The molecule has 3 aliphatic heterocycles. The summed E-state index contributed by atoms with van der Waals surface area (Å²) >= 11 is 0. The van der Waals surface area contributed by atoms with E-state index in [1.807, 2.05) is 26.8 Å². The van der Waals surface area contributed by atoms with E-state index in [-0.39, 0.29) is 24.0 Å². The Balaban J connectivity index is 1.55. The van der Waals surface area contributed by atoms with Crippen LogP contribution in [-0.2, 0) is 25.7 Å². The number of rotatable bonds is 5. The monoisotopic (exact) mass is 492 g/mol. The molecule has 5 unspecified atom stereocenters. The highest BCUT2D eigenvalue weighted by Crippen LogP contribution is 2.60. The first-order chi connectivity index (χ1) is 17.0. The average Bonchev–Trinajstić information content (AvgIpc) is 3.36. The van der Waals surface area contributed by atoms with Gasteiger partial charge in [0.2, 0.25) is 17.7 Å². The van der Waals surface area contributed by atoms with E-state index in [0.29, 0.717) is 0 Å². The van der Waals surface area contributed by atoms with Gasteiger partial charge in [0.1, 0.15) is 17.5 Å². The van der Waals surface area contributed by atoms with E-state index in [0.717, 1.165) is 5.56 Å². The van der Waals surface area contributed by atoms with Crippen LogP contribution in [0.4, 0.5) is 10.1 Å². The van der Waals surface area contributed by atoms with Crippen molar-refractivity contribution in [3.63, 3.8) is 0 Å². The normalized spacial score (nSPS) is 30.4. The summed E-state index contributed by atoms with van der Waals surface area (Å²) in [4.78, 5) is 46.8. The second kappa shape index (κ2) is 8.23. The van der Waals surface area contributed by atoms with Crippen molar-refractivity contribution in [3.8, 4) is 0 Å². The number of anilines is 1. The number of aromatic nitrogens is 1. The lowest BCUT2D eigenvalue weighted by Gasteiger charge is -2.35. The van der Waals surface area contributed by atoms with Gasteiger partial charge < -0.3 is 20.3 Å². The molecule has 8 nitrogen and oxygen atoms in total. The number of halogens is 1. The quantitative estimate of drug-likeness (QED) is 0.626. The van der Waals surface area contributed by atoms with E-state index in [9.17, 15) is 18.8 Å². The second-order valence-corrected chi connectivity index (χ2v) is 10.9. The van der Waals surface area contributed by atoms with Gasteiger partial charge in [-0.25, -0.2) is 4.39 Å². The van der Waals surface area contributed by atoms with Crippen molar-refractivity contribution in [3.05, 3.63) is 72.3 Å². The highest BCUT2D eigenvalue weighted by molar-refractivity contribution is 6.03. The summed E-state index contributed by atoms with van der Waals surface area (Å²) in [6, 6.07) is 8.43. The van der Waals surface area contributed by atoms with E-state index < -0.39 is 46.3 Å². The van der Waals surface area contributed by atoms with Crippen LogP contribution in [0.2, 0.25) is 0 Å². The van der Waals surface area contributed by atoms with E-state index in [1.165, 1.54) is 23.1 Å². The first-order valence-corrected chi connectivity index (χ1v) is 11.9. The van der Waals surface area contributed by atoms with Crippen molar-refractivity contribution in [1.82, 2.24) is 15.2 Å². The minimum absolute atomic E-state index is 0.0200. The molecular formula is C27H29FN4O4. The van der Waals surface area contributed by atoms with Crippen molar-refractivity contribution in [2.45, 2.75) is 57.0 Å². The minimum atomic E-state index is -1.33. The predicted octanol–water partition coefficient (Wildman–Crippen LogP) is 2.81. The first kappa shape index (κ1) is 24.1. The first-order valence-electron chi connectivity index (χ1n) is 11.9. The molecule has 0 radical (unpaired) electrons. The van der Waals surface area contributed by atoms with Crippen molar-refractivity contribution in [2.24, 2.45) is 11.8 Å². The number of carbonyl (C=O) groups is 3. The van der Waals surface area contributed by atoms with Crippen LogP contribution < -0.4 is 10.6 Å². The van der Waals surface area contributed by atoms with E-state index in [1.54, 1.807) is 43.6 Å². The van der Waals surface area contributed by atoms with Gasteiger partial charge in [-0.05, 0) is 51.5 Å². The number of hydrogen-bond acceptors (Lipinski definition) is 5. The number of para-hydroxylation sites is 1. The van der Waals surface area contributed by atoms with Crippen LogP contribution in [0.3, 0.4) is 0 Å². The Morgan fingerprint density at radius 1 is 1.14 bits per heavy atom. The Morgan fingerprint density at radius 2 is 1.89 bits per heavy atom. The third kappa shape index (κ3) is 3.78. The van der Waals surface area contributed by atoms with Crippen LogP contribution in [0.15, 0.2) is 60.9 Å².